The molecule has 148 valence electrons. The fourth-order valence-electron chi connectivity index (χ4n) is 3.00. The van der Waals surface area contributed by atoms with Gasteiger partial charge in [0.05, 0.1) is 6.26 Å². The van der Waals surface area contributed by atoms with Crippen molar-refractivity contribution >= 4 is 5.97 Å². The molecule has 25 heavy (non-hydrogen) atoms. The summed E-state index contributed by atoms with van der Waals surface area (Å²) < 4.78 is 9.95. The van der Waals surface area contributed by atoms with Crippen molar-refractivity contribution in [3.63, 3.8) is 0 Å². The third-order valence-corrected chi connectivity index (χ3v) is 4.57. The molecule has 0 spiro atoms. The van der Waals surface area contributed by atoms with Gasteiger partial charge in [-0.15, -0.1) is 0 Å². The van der Waals surface area contributed by atoms with E-state index >= 15 is 0 Å². The van der Waals surface area contributed by atoms with Crippen LogP contribution in [0, 0.1) is 0 Å². The van der Waals surface area contributed by atoms with Crippen molar-refractivity contribution in [1.82, 2.24) is 0 Å². The van der Waals surface area contributed by atoms with Gasteiger partial charge in [0.25, 0.3) is 0 Å². The summed E-state index contributed by atoms with van der Waals surface area (Å²) in [5.41, 5.74) is 0. The number of esters is 1. The lowest BCUT2D eigenvalue weighted by molar-refractivity contribution is -0.144. The molecule has 0 heterocycles. The predicted molar refractivity (Wildman–Crippen MR) is 107 cm³/mol. The van der Waals surface area contributed by atoms with E-state index in [0.29, 0.717) is 19.6 Å². The molecule has 0 radical (unpaired) electrons. The first-order valence-electron chi connectivity index (χ1n) is 10.7. The quantitative estimate of drug-likeness (QED) is 0.135. The molecule has 0 atom stereocenters. The van der Waals surface area contributed by atoms with Gasteiger partial charge >= 0.3 is 5.97 Å². The van der Waals surface area contributed by atoms with Crippen molar-refractivity contribution < 1.29 is 14.3 Å². The lowest BCUT2D eigenvalue weighted by Crippen LogP contribution is -2.08. The molecule has 0 aromatic carbocycles. The molecule has 0 unspecified atom stereocenters. The lowest BCUT2D eigenvalue weighted by Gasteiger charge is -2.05. The van der Waals surface area contributed by atoms with Gasteiger partial charge < -0.3 is 9.47 Å². The minimum absolute atomic E-state index is 0.109. The van der Waals surface area contributed by atoms with Crippen LogP contribution in [-0.4, -0.2) is 19.2 Å². The molecule has 0 aromatic rings. The summed E-state index contributed by atoms with van der Waals surface area (Å²) in [5.74, 6) is -0.109. The normalized spacial score (nSPS) is 10.6. The summed E-state index contributed by atoms with van der Waals surface area (Å²) in [5, 5.41) is 0. The standard InChI is InChI=1S/C22H42O3/c1-3-5-6-7-8-9-10-11-12-13-14-15-16-17-18-19-22(23)25-21-20-24-4-2/h4H,2-3,5-21H2,1H3. The van der Waals surface area contributed by atoms with Crippen LogP contribution in [0.1, 0.15) is 110 Å². The van der Waals surface area contributed by atoms with Crippen molar-refractivity contribution in [3.8, 4) is 0 Å². The zero-order chi connectivity index (χ0) is 18.4. The highest BCUT2D eigenvalue weighted by Gasteiger charge is 2.02. The third kappa shape index (κ3) is 21.0. The molecular weight excluding hydrogens is 312 g/mol. The minimum Gasteiger partial charge on any atom is -0.498 e. The molecule has 0 aliphatic rings. The average molecular weight is 355 g/mol. The Morgan fingerprint density at radius 2 is 1.16 bits per heavy atom. The molecular formula is C22H42O3. The van der Waals surface area contributed by atoms with Gasteiger partial charge in [0.15, 0.2) is 0 Å². The van der Waals surface area contributed by atoms with Crippen LogP contribution in [0.4, 0.5) is 0 Å². The Labute approximate surface area is 156 Å². The number of hydrogen-bond acceptors (Lipinski definition) is 3. The maximum atomic E-state index is 11.4. The molecule has 0 amide bonds. The third-order valence-electron chi connectivity index (χ3n) is 4.57. The molecule has 3 heteroatoms. The molecule has 0 aliphatic carbocycles. The summed E-state index contributed by atoms with van der Waals surface area (Å²) in [6, 6.07) is 0. The Kier molecular flexibility index (Phi) is 20.2. The van der Waals surface area contributed by atoms with Crippen LogP contribution in [0.25, 0.3) is 0 Å². The first-order valence-corrected chi connectivity index (χ1v) is 10.7. The first-order chi connectivity index (χ1) is 12.3. The Morgan fingerprint density at radius 3 is 1.60 bits per heavy atom. The van der Waals surface area contributed by atoms with Crippen molar-refractivity contribution in [2.24, 2.45) is 0 Å². The number of ether oxygens (including phenoxy) is 2. The molecule has 0 saturated heterocycles. The molecule has 0 fully saturated rings. The summed E-state index contributed by atoms with van der Waals surface area (Å²) in [4.78, 5) is 11.4. The van der Waals surface area contributed by atoms with Gasteiger partial charge in [-0.05, 0) is 6.42 Å². The highest BCUT2D eigenvalue weighted by molar-refractivity contribution is 5.69. The number of carbonyl (C=O) groups excluding carboxylic acids is 1. The first kappa shape index (κ1) is 24.0. The van der Waals surface area contributed by atoms with Gasteiger partial charge in [-0.25, -0.2) is 0 Å². The Bertz CT molecular complexity index is 289. The van der Waals surface area contributed by atoms with Crippen molar-refractivity contribution in [2.45, 2.75) is 110 Å². The van der Waals surface area contributed by atoms with Crippen LogP contribution in [0.2, 0.25) is 0 Å². The van der Waals surface area contributed by atoms with Gasteiger partial charge in [-0.2, -0.15) is 0 Å². The Hall–Kier alpha value is -0.990. The molecule has 0 bridgehead atoms. The fraction of sp³-hybridized carbons (Fsp3) is 0.864. The summed E-state index contributed by atoms with van der Waals surface area (Å²) in [6.07, 6.45) is 22.0. The molecule has 0 aromatic heterocycles. The smallest absolute Gasteiger partial charge is 0.305 e. The van der Waals surface area contributed by atoms with E-state index in [4.69, 9.17) is 9.47 Å². The number of unbranched alkanes of at least 4 members (excludes halogenated alkanes) is 14. The maximum absolute atomic E-state index is 11.4. The highest BCUT2D eigenvalue weighted by Crippen LogP contribution is 2.13. The van der Waals surface area contributed by atoms with Crippen LogP contribution in [0.3, 0.4) is 0 Å². The van der Waals surface area contributed by atoms with E-state index in [-0.39, 0.29) is 5.97 Å². The van der Waals surface area contributed by atoms with E-state index in [1.54, 1.807) is 0 Å². The van der Waals surface area contributed by atoms with Gasteiger partial charge in [0.2, 0.25) is 0 Å². The van der Waals surface area contributed by atoms with E-state index in [1.807, 2.05) is 0 Å². The Morgan fingerprint density at radius 1 is 0.720 bits per heavy atom. The van der Waals surface area contributed by atoms with Crippen molar-refractivity contribution in [2.75, 3.05) is 13.2 Å². The van der Waals surface area contributed by atoms with Gasteiger partial charge in [-0.3, -0.25) is 4.79 Å². The fourth-order valence-corrected chi connectivity index (χ4v) is 3.00. The van der Waals surface area contributed by atoms with Crippen LogP contribution in [0.15, 0.2) is 12.8 Å². The second kappa shape index (κ2) is 21.1. The molecule has 3 nitrogen and oxygen atoms in total. The minimum atomic E-state index is -0.109. The SMILES string of the molecule is C=COCCOC(=O)CCCCCCCCCCCCCCCCC. The summed E-state index contributed by atoms with van der Waals surface area (Å²) in [6.45, 7) is 6.43. The van der Waals surface area contributed by atoms with E-state index in [0.717, 1.165) is 12.8 Å². The zero-order valence-corrected chi connectivity index (χ0v) is 16.7. The average Bonchev–Trinajstić information content (AvgIpc) is 2.62. The van der Waals surface area contributed by atoms with Crippen LogP contribution < -0.4 is 0 Å². The molecule has 0 aliphatic heterocycles. The van der Waals surface area contributed by atoms with Crippen molar-refractivity contribution in [1.29, 1.82) is 0 Å². The van der Waals surface area contributed by atoms with Gasteiger partial charge in [-0.1, -0.05) is 103 Å². The van der Waals surface area contributed by atoms with Crippen LogP contribution in [-0.2, 0) is 14.3 Å². The van der Waals surface area contributed by atoms with E-state index in [9.17, 15) is 4.79 Å². The van der Waals surface area contributed by atoms with Crippen LogP contribution in [0.5, 0.6) is 0 Å². The van der Waals surface area contributed by atoms with Gasteiger partial charge in [0, 0.05) is 6.42 Å². The lowest BCUT2D eigenvalue weighted by atomic mass is 10.0. The zero-order valence-electron chi connectivity index (χ0n) is 16.7. The number of carbonyl (C=O) groups is 1. The monoisotopic (exact) mass is 354 g/mol. The van der Waals surface area contributed by atoms with Crippen molar-refractivity contribution in [3.05, 3.63) is 12.8 Å². The molecule has 0 saturated carbocycles. The second-order valence-corrected chi connectivity index (χ2v) is 6.96. The number of rotatable bonds is 20. The summed E-state index contributed by atoms with van der Waals surface area (Å²) >= 11 is 0. The molecule has 0 N–H and O–H groups in total. The predicted octanol–water partition coefficient (Wildman–Crippen LogP) is 6.95. The van der Waals surface area contributed by atoms with Gasteiger partial charge in [0.1, 0.15) is 13.2 Å². The number of hydrogen-bond donors (Lipinski definition) is 0. The van der Waals surface area contributed by atoms with Crippen LogP contribution >= 0.6 is 0 Å². The summed E-state index contributed by atoms with van der Waals surface area (Å²) in [7, 11) is 0. The van der Waals surface area contributed by atoms with E-state index in [1.165, 1.54) is 89.7 Å². The highest BCUT2D eigenvalue weighted by atomic mass is 16.6. The van der Waals surface area contributed by atoms with E-state index < -0.39 is 0 Å². The second-order valence-electron chi connectivity index (χ2n) is 6.96. The van der Waals surface area contributed by atoms with E-state index in [2.05, 4.69) is 13.5 Å². The molecule has 0 rings (SSSR count). The topological polar surface area (TPSA) is 35.5 Å². The Balaban J connectivity index is 3.09. The largest absolute Gasteiger partial charge is 0.498 e. The maximum Gasteiger partial charge on any atom is 0.305 e.